The van der Waals surface area contributed by atoms with Crippen molar-refractivity contribution < 1.29 is 5.11 Å². The van der Waals surface area contributed by atoms with Crippen molar-refractivity contribution in [2.24, 2.45) is 0 Å². The highest BCUT2D eigenvalue weighted by Crippen LogP contribution is 2.23. The molecule has 0 spiro atoms. The van der Waals surface area contributed by atoms with E-state index in [1.165, 1.54) is 0 Å². The highest BCUT2D eigenvalue weighted by atomic mass is 16.3. The Labute approximate surface area is 130 Å². The predicted octanol–water partition coefficient (Wildman–Crippen LogP) is 3.30. The van der Waals surface area contributed by atoms with Crippen molar-refractivity contribution in [2.75, 3.05) is 0 Å². The quantitative estimate of drug-likeness (QED) is 0.803. The van der Waals surface area contributed by atoms with E-state index in [4.69, 9.17) is 0 Å². The maximum atomic E-state index is 10.4. The fourth-order valence-electron chi connectivity index (χ4n) is 2.55. The van der Waals surface area contributed by atoms with E-state index in [0.717, 1.165) is 22.5 Å². The largest absolute Gasteiger partial charge is 0.386 e. The molecule has 0 aliphatic heterocycles. The number of aryl methyl sites for hydroxylation is 2. The maximum absolute atomic E-state index is 10.4. The molecule has 4 nitrogen and oxygen atoms in total. The number of hydrogen-bond acceptors (Lipinski definition) is 3. The first-order valence-corrected chi connectivity index (χ1v) is 7.35. The van der Waals surface area contributed by atoms with Crippen molar-refractivity contribution >= 4 is 0 Å². The van der Waals surface area contributed by atoms with E-state index in [1.54, 1.807) is 4.68 Å². The second kappa shape index (κ2) is 6.12. The van der Waals surface area contributed by atoms with Gasteiger partial charge in [0.25, 0.3) is 0 Å². The highest BCUT2D eigenvalue weighted by molar-refractivity contribution is 5.60. The highest BCUT2D eigenvalue weighted by Gasteiger charge is 2.15. The lowest BCUT2D eigenvalue weighted by Gasteiger charge is -2.13. The van der Waals surface area contributed by atoms with Gasteiger partial charge < -0.3 is 5.11 Å². The molecule has 3 aromatic rings. The smallest absolute Gasteiger partial charge is 0.158 e. The normalized spacial score (nSPS) is 12.3. The Morgan fingerprint density at radius 3 is 2.41 bits per heavy atom. The second-order valence-electron chi connectivity index (χ2n) is 5.41. The van der Waals surface area contributed by atoms with Gasteiger partial charge in [0.05, 0.1) is 12.6 Å². The minimum atomic E-state index is -0.606. The number of benzene rings is 2. The molecular formula is C18H19N3O. The van der Waals surface area contributed by atoms with Crippen LogP contribution in [0.2, 0.25) is 0 Å². The van der Waals surface area contributed by atoms with Crippen molar-refractivity contribution in [1.82, 2.24) is 14.8 Å². The summed E-state index contributed by atoms with van der Waals surface area (Å²) < 4.78 is 1.79. The van der Waals surface area contributed by atoms with Crippen LogP contribution in [0.15, 0.2) is 54.6 Å². The second-order valence-corrected chi connectivity index (χ2v) is 5.41. The number of rotatable bonds is 4. The maximum Gasteiger partial charge on any atom is 0.158 e. The summed E-state index contributed by atoms with van der Waals surface area (Å²) in [6, 6.07) is 17.7. The molecule has 0 fully saturated rings. The van der Waals surface area contributed by atoms with Crippen molar-refractivity contribution in [1.29, 1.82) is 0 Å². The van der Waals surface area contributed by atoms with Crippen LogP contribution in [0.4, 0.5) is 0 Å². The molecule has 0 aliphatic rings. The van der Waals surface area contributed by atoms with E-state index < -0.39 is 6.10 Å². The van der Waals surface area contributed by atoms with Gasteiger partial charge in [0, 0.05) is 5.56 Å². The van der Waals surface area contributed by atoms with Crippen LogP contribution in [0.3, 0.4) is 0 Å². The lowest BCUT2D eigenvalue weighted by atomic mass is 10.1. The molecule has 3 rings (SSSR count). The third-order valence-corrected chi connectivity index (χ3v) is 3.69. The number of aromatic nitrogens is 3. The first-order chi connectivity index (χ1) is 10.6. The van der Waals surface area contributed by atoms with Crippen molar-refractivity contribution in [3.05, 3.63) is 71.5 Å². The van der Waals surface area contributed by atoms with Crippen LogP contribution in [0.5, 0.6) is 0 Å². The molecule has 1 aromatic heterocycles. The Balaban J connectivity index is 1.94. The van der Waals surface area contributed by atoms with Gasteiger partial charge in [-0.3, -0.25) is 0 Å². The molecule has 0 bridgehead atoms. The van der Waals surface area contributed by atoms with Crippen molar-refractivity contribution in [2.45, 2.75) is 26.5 Å². The lowest BCUT2D eigenvalue weighted by molar-refractivity contribution is 0.152. The van der Waals surface area contributed by atoms with Gasteiger partial charge in [0.2, 0.25) is 0 Å². The molecule has 1 atom stereocenters. The van der Waals surface area contributed by atoms with Crippen LogP contribution in [0.25, 0.3) is 11.4 Å². The number of aliphatic hydroxyl groups excluding tert-OH is 1. The summed E-state index contributed by atoms with van der Waals surface area (Å²) in [6.45, 7) is 4.30. The van der Waals surface area contributed by atoms with Gasteiger partial charge >= 0.3 is 0 Å². The summed E-state index contributed by atoms with van der Waals surface area (Å²) in [7, 11) is 0. The average Bonchev–Trinajstić information content (AvgIpc) is 2.89. The summed E-state index contributed by atoms with van der Waals surface area (Å²) >= 11 is 0. The molecule has 0 radical (unpaired) electrons. The number of nitrogens with zero attached hydrogens (tertiary/aromatic N) is 3. The van der Waals surface area contributed by atoms with E-state index >= 15 is 0 Å². The molecule has 112 valence electrons. The molecule has 0 aliphatic carbocycles. The van der Waals surface area contributed by atoms with E-state index in [1.807, 2.05) is 55.5 Å². The van der Waals surface area contributed by atoms with E-state index in [-0.39, 0.29) is 0 Å². The molecule has 1 heterocycles. The van der Waals surface area contributed by atoms with Gasteiger partial charge in [-0.1, -0.05) is 54.6 Å². The molecule has 22 heavy (non-hydrogen) atoms. The summed E-state index contributed by atoms with van der Waals surface area (Å²) in [5, 5.41) is 14.9. The van der Waals surface area contributed by atoms with Gasteiger partial charge in [-0.2, -0.15) is 5.10 Å². The molecular weight excluding hydrogens is 274 g/mol. The number of hydrogen-bond donors (Lipinski definition) is 1. The molecule has 2 aromatic carbocycles. The Hall–Kier alpha value is -2.46. The van der Waals surface area contributed by atoms with Crippen LogP contribution in [-0.2, 0) is 6.54 Å². The Bertz CT molecular complexity index is 765. The van der Waals surface area contributed by atoms with E-state index in [2.05, 4.69) is 23.1 Å². The number of aliphatic hydroxyl groups is 1. The van der Waals surface area contributed by atoms with Crippen molar-refractivity contribution in [3.63, 3.8) is 0 Å². The zero-order valence-electron chi connectivity index (χ0n) is 12.8. The van der Waals surface area contributed by atoms with E-state index in [9.17, 15) is 5.11 Å². The third-order valence-electron chi connectivity index (χ3n) is 3.69. The minimum absolute atomic E-state index is 0.383. The summed E-state index contributed by atoms with van der Waals surface area (Å²) in [5.74, 6) is 1.50. The summed E-state index contributed by atoms with van der Waals surface area (Å²) in [4.78, 5) is 4.53. The third kappa shape index (κ3) is 2.92. The molecule has 0 saturated carbocycles. The van der Waals surface area contributed by atoms with Crippen LogP contribution in [0, 0.1) is 13.8 Å². The zero-order valence-corrected chi connectivity index (χ0v) is 12.8. The Morgan fingerprint density at radius 2 is 1.68 bits per heavy atom. The lowest BCUT2D eigenvalue weighted by Crippen LogP contribution is -2.11. The van der Waals surface area contributed by atoms with Crippen LogP contribution in [-0.4, -0.2) is 19.9 Å². The van der Waals surface area contributed by atoms with Crippen LogP contribution < -0.4 is 0 Å². The van der Waals surface area contributed by atoms with Gasteiger partial charge in [-0.15, -0.1) is 0 Å². The van der Waals surface area contributed by atoms with Crippen LogP contribution in [0.1, 0.15) is 23.1 Å². The van der Waals surface area contributed by atoms with Gasteiger partial charge in [-0.05, 0) is 25.0 Å². The average molecular weight is 293 g/mol. The molecule has 1 N–H and O–H groups in total. The topological polar surface area (TPSA) is 50.9 Å². The molecule has 0 amide bonds. The Morgan fingerprint density at radius 1 is 1.00 bits per heavy atom. The van der Waals surface area contributed by atoms with Gasteiger partial charge in [0.1, 0.15) is 5.82 Å². The van der Waals surface area contributed by atoms with Crippen molar-refractivity contribution in [3.8, 4) is 11.4 Å². The van der Waals surface area contributed by atoms with Gasteiger partial charge in [-0.25, -0.2) is 9.67 Å². The molecule has 4 heteroatoms. The minimum Gasteiger partial charge on any atom is -0.386 e. The summed E-state index contributed by atoms with van der Waals surface area (Å²) in [5.41, 5.74) is 3.07. The monoisotopic (exact) mass is 293 g/mol. The fourth-order valence-corrected chi connectivity index (χ4v) is 2.55. The zero-order chi connectivity index (χ0) is 15.5. The predicted molar refractivity (Wildman–Crippen MR) is 86.3 cm³/mol. The first kappa shape index (κ1) is 14.5. The van der Waals surface area contributed by atoms with Crippen LogP contribution >= 0.6 is 0 Å². The molecule has 0 saturated heterocycles. The Kier molecular flexibility index (Phi) is 4.02. The molecule has 0 unspecified atom stereocenters. The summed E-state index contributed by atoms with van der Waals surface area (Å²) in [6.07, 6.45) is -0.606. The van der Waals surface area contributed by atoms with Gasteiger partial charge in [0.15, 0.2) is 5.82 Å². The van der Waals surface area contributed by atoms with E-state index in [0.29, 0.717) is 12.4 Å². The first-order valence-electron chi connectivity index (χ1n) is 7.35. The fraction of sp³-hybridized carbons (Fsp3) is 0.222. The SMILES string of the molecule is Cc1nc(-c2ccccc2C)n(C[C@H](O)c2ccccc2)n1. The standard InChI is InChI=1S/C18H19N3O/c1-13-8-6-7-11-16(13)18-19-14(2)20-21(18)12-17(22)15-9-4-3-5-10-15/h3-11,17,22H,12H2,1-2H3/t17-/m0/s1.